The van der Waals surface area contributed by atoms with Crippen LogP contribution < -0.4 is 5.32 Å². The van der Waals surface area contributed by atoms with Gasteiger partial charge in [-0.05, 0) is 42.5 Å². The second-order valence-corrected chi connectivity index (χ2v) is 9.55. The molecule has 180 valence electrons. The van der Waals surface area contributed by atoms with Crippen molar-refractivity contribution in [1.29, 1.82) is 0 Å². The standard InChI is InChI=1S/C26H28N6O2S/c1-34-18-23-21(15-28-32(23)26-27-12-11-22(30-26)24-10-6-14-35-24)25(33)29-20-9-5-13-31(17-20)16-19-7-3-2-4-8-19/h2-4,6-8,10-12,14-15,20H,5,9,13,16-18H2,1H3,(H,29,33)/t20-/m1/s1. The smallest absolute Gasteiger partial charge is 0.255 e. The van der Waals surface area contributed by atoms with Crippen LogP contribution in [0.25, 0.3) is 16.5 Å². The van der Waals surface area contributed by atoms with E-state index >= 15 is 0 Å². The van der Waals surface area contributed by atoms with Crippen molar-refractivity contribution < 1.29 is 9.53 Å². The Bertz CT molecular complexity index is 1260. The summed E-state index contributed by atoms with van der Waals surface area (Å²) in [4.78, 5) is 25.8. The van der Waals surface area contributed by atoms with Crippen LogP contribution in [0.3, 0.4) is 0 Å². The van der Waals surface area contributed by atoms with Gasteiger partial charge in [-0.25, -0.2) is 9.97 Å². The molecule has 8 nitrogen and oxygen atoms in total. The largest absolute Gasteiger partial charge is 0.378 e. The van der Waals surface area contributed by atoms with Crippen molar-refractivity contribution in [3.8, 4) is 16.5 Å². The lowest BCUT2D eigenvalue weighted by Crippen LogP contribution is -2.47. The summed E-state index contributed by atoms with van der Waals surface area (Å²) in [5.74, 6) is 0.262. The van der Waals surface area contributed by atoms with E-state index < -0.39 is 0 Å². The van der Waals surface area contributed by atoms with Crippen molar-refractivity contribution in [2.45, 2.75) is 32.0 Å². The van der Waals surface area contributed by atoms with Crippen LogP contribution in [0.5, 0.6) is 0 Å². The molecule has 9 heteroatoms. The molecule has 1 aliphatic rings. The SMILES string of the molecule is COCc1c(C(=O)N[C@@H]2CCCN(Cc3ccccc3)C2)cnn1-c1nccc(-c2cccs2)n1. The summed E-state index contributed by atoms with van der Waals surface area (Å²) in [6.07, 6.45) is 5.29. The number of piperidine rings is 1. The maximum absolute atomic E-state index is 13.3. The predicted octanol–water partition coefficient (Wildman–Crippen LogP) is 3.93. The van der Waals surface area contributed by atoms with Gasteiger partial charge in [-0.1, -0.05) is 36.4 Å². The summed E-state index contributed by atoms with van der Waals surface area (Å²) >= 11 is 1.61. The van der Waals surface area contributed by atoms with Gasteiger partial charge in [-0.2, -0.15) is 9.78 Å². The highest BCUT2D eigenvalue weighted by Crippen LogP contribution is 2.23. The number of nitrogens with zero attached hydrogens (tertiary/aromatic N) is 5. The Kier molecular flexibility index (Phi) is 7.27. The maximum atomic E-state index is 13.3. The number of benzene rings is 1. The average Bonchev–Trinajstić information content (AvgIpc) is 3.56. The van der Waals surface area contributed by atoms with E-state index in [1.54, 1.807) is 35.5 Å². The Morgan fingerprint density at radius 2 is 2.09 bits per heavy atom. The summed E-state index contributed by atoms with van der Waals surface area (Å²) in [6, 6.07) is 16.4. The van der Waals surface area contributed by atoms with Crippen LogP contribution in [0.1, 0.15) is 34.5 Å². The number of methoxy groups -OCH3 is 1. The average molecular weight is 489 g/mol. The molecule has 0 saturated carbocycles. The Morgan fingerprint density at radius 3 is 2.89 bits per heavy atom. The fourth-order valence-corrected chi connectivity index (χ4v) is 5.14. The van der Waals surface area contributed by atoms with Crippen LogP contribution in [0.2, 0.25) is 0 Å². The van der Waals surface area contributed by atoms with Gasteiger partial charge in [0.2, 0.25) is 0 Å². The van der Waals surface area contributed by atoms with E-state index in [1.165, 1.54) is 5.56 Å². The third-order valence-corrected chi connectivity index (χ3v) is 6.98. The van der Waals surface area contributed by atoms with Gasteiger partial charge in [0.05, 0.1) is 34.6 Å². The first-order valence-electron chi connectivity index (χ1n) is 11.7. The number of nitrogens with one attached hydrogen (secondary N) is 1. The molecule has 1 fully saturated rings. The number of thiophene rings is 1. The van der Waals surface area contributed by atoms with Gasteiger partial charge in [0, 0.05) is 32.4 Å². The van der Waals surface area contributed by atoms with E-state index in [1.807, 2.05) is 29.6 Å². The minimum absolute atomic E-state index is 0.0807. The molecular weight excluding hydrogens is 460 g/mol. The number of hydrogen-bond donors (Lipinski definition) is 1. The lowest BCUT2D eigenvalue weighted by atomic mass is 10.0. The summed E-state index contributed by atoms with van der Waals surface area (Å²) < 4.78 is 7.01. The van der Waals surface area contributed by atoms with Crippen LogP contribution in [0, 0.1) is 0 Å². The lowest BCUT2D eigenvalue weighted by molar-refractivity contribution is 0.0895. The predicted molar refractivity (Wildman–Crippen MR) is 135 cm³/mol. The van der Waals surface area contributed by atoms with E-state index in [0.29, 0.717) is 17.2 Å². The number of ether oxygens (including phenoxy) is 1. The van der Waals surface area contributed by atoms with E-state index in [0.717, 1.165) is 43.0 Å². The van der Waals surface area contributed by atoms with Crippen LogP contribution in [0.4, 0.5) is 0 Å². The zero-order valence-corrected chi connectivity index (χ0v) is 20.4. The van der Waals surface area contributed by atoms with Gasteiger partial charge in [0.1, 0.15) is 0 Å². The molecule has 4 heterocycles. The maximum Gasteiger partial charge on any atom is 0.255 e. The molecule has 0 spiro atoms. The highest BCUT2D eigenvalue weighted by molar-refractivity contribution is 7.13. The van der Waals surface area contributed by atoms with Gasteiger partial charge < -0.3 is 10.1 Å². The Labute approximate surface area is 208 Å². The number of hydrogen-bond acceptors (Lipinski definition) is 7. The molecule has 0 aliphatic carbocycles. The molecule has 1 N–H and O–H groups in total. The van der Waals surface area contributed by atoms with E-state index in [2.05, 4.69) is 49.5 Å². The fourth-order valence-electron chi connectivity index (χ4n) is 4.45. The monoisotopic (exact) mass is 488 g/mol. The van der Waals surface area contributed by atoms with Gasteiger partial charge in [-0.3, -0.25) is 9.69 Å². The molecule has 1 aromatic carbocycles. The Balaban J connectivity index is 1.32. The fraction of sp³-hybridized carbons (Fsp3) is 0.308. The Morgan fingerprint density at radius 1 is 1.20 bits per heavy atom. The molecule has 0 bridgehead atoms. The van der Waals surface area contributed by atoms with Gasteiger partial charge in [-0.15, -0.1) is 11.3 Å². The molecule has 1 atom stereocenters. The second-order valence-electron chi connectivity index (χ2n) is 8.60. The highest BCUT2D eigenvalue weighted by Gasteiger charge is 2.25. The number of carbonyl (C=O) groups is 1. The molecule has 1 saturated heterocycles. The quantitative estimate of drug-likeness (QED) is 0.405. The van der Waals surface area contributed by atoms with Crippen LogP contribution in [-0.4, -0.2) is 56.8 Å². The van der Waals surface area contributed by atoms with Gasteiger partial charge in [0.25, 0.3) is 11.9 Å². The van der Waals surface area contributed by atoms with Crippen LogP contribution in [0.15, 0.2) is 66.3 Å². The molecule has 0 radical (unpaired) electrons. The van der Waals surface area contributed by atoms with E-state index in [4.69, 9.17) is 4.74 Å². The van der Waals surface area contributed by atoms with E-state index in [9.17, 15) is 4.79 Å². The zero-order chi connectivity index (χ0) is 24.0. The van der Waals surface area contributed by atoms with E-state index in [-0.39, 0.29) is 18.6 Å². The number of likely N-dealkylation sites (tertiary alicyclic amines) is 1. The second kappa shape index (κ2) is 10.9. The lowest BCUT2D eigenvalue weighted by Gasteiger charge is -2.33. The summed E-state index contributed by atoms with van der Waals surface area (Å²) in [5.41, 5.74) is 3.21. The van der Waals surface area contributed by atoms with Crippen LogP contribution in [-0.2, 0) is 17.9 Å². The Hall–Kier alpha value is -3.40. The normalized spacial score (nSPS) is 16.3. The summed E-state index contributed by atoms with van der Waals surface area (Å²) in [6.45, 7) is 2.96. The van der Waals surface area contributed by atoms with Crippen molar-refractivity contribution in [3.05, 3.63) is 83.1 Å². The van der Waals surface area contributed by atoms with Crippen molar-refractivity contribution in [2.24, 2.45) is 0 Å². The van der Waals surface area contributed by atoms with Crippen molar-refractivity contribution in [1.82, 2.24) is 30.0 Å². The minimum atomic E-state index is -0.149. The minimum Gasteiger partial charge on any atom is -0.378 e. The number of amides is 1. The summed E-state index contributed by atoms with van der Waals surface area (Å²) in [7, 11) is 1.60. The molecule has 1 amide bonds. The molecular formula is C26H28N6O2S. The molecule has 35 heavy (non-hydrogen) atoms. The third-order valence-electron chi connectivity index (χ3n) is 6.09. The van der Waals surface area contributed by atoms with Gasteiger partial charge >= 0.3 is 0 Å². The molecule has 1 aliphatic heterocycles. The topological polar surface area (TPSA) is 85.2 Å². The number of carbonyl (C=O) groups excluding carboxylic acids is 1. The number of rotatable bonds is 8. The number of aromatic nitrogens is 4. The van der Waals surface area contributed by atoms with Crippen molar-refractivity contribution in [2.75, 3.05) is 20.2 Å². The van der Waals surface area contributed by atoms with Gasteiger partial charge in [0.15, 0.2) is 0 Å². The first-order chi connectivity index (χ1) is 17.2. The molecule has 3 aromatic heterocycles. The third kappa shape index (κ3) is 5.48. The first-order valence-corrected chi connectivity index (χ1v) is 12.6. The van der Waals surface area contributed by atoms with Crippen molar-refractivity contribution >= 4 is 17.2 Å². The molecule has 4 aromatic rings. The molecule has 5 rings (SSSR count). The molecule has 0 unspecified atom stereocenters. The van der Waals surface area contributed by atoms with Crippen molar-refractivity contribution in [3.63, 3.8) is 0 Å². The highest BCUT2D eigenvalue weighted by atomic mass is 32.1. The zero-order valence-electron chi connectivity index (χ0n) is 19.6. The van der Waals surface area contributed by atoms with Crippen LogP contribution >= 0.6 is 11.3 Å². The first kappa shape index (κ1) is 23.3. The summed E-state index contributed by atoms with van der Waals surface area (Å²) in [5, 5.41) is 9.69.